The van der Waals surface area contributed by atoms with Crippen molar-refractivity contribution in [3.8, 4) is 0 Å². The van der Waals surface area contributed by atoms with Crippen molar-refractivity contribution in [2.75, 3.05) is 13.6 Å². The molecule has 82 valence electrons. The summed E-state index contributed by atoms with van der Waals surface area (Å²) in [6.45, 7) is 2.90. The normalized spacial score (nSPS) is 21.1. The van der Waals surface area contributed by atoms with Gasteiger partial charge in [-0.3, -0.25) is 9.69 Å². The molecular formula is C11H22N2O. The summed E-state index contributed by atoms with van der Waals surface area (Å²) in [5.41, 5.74) is 5.26. The predicted molar refractivity (Wildman–Crippen MR) is 57.9 cm³/mol. The van der Waals surface area contributed by atoms with E-state index in [9.17, 15) is 4.79 Å². The minimum absolute atomic E-state index is 0.128. The molecule has 0 aromatic carbocycles. The van der Waals surface area contributed by atoms with E-state index < -0.39 is 0 Å². The molecule has 3 heteroatoms. The summed E-state index contributed by atoms with van der Waals surface area (Å²) in [4.78, 5) is 13.0. The standard InChI is InChI=1S/C11H22N2O/c1-9(11(12)14)13(2)8-10-6-4-3-5-7-10/h9-10H,3-8H2,1-2H3,(H2,12,14). The van der Waals surface area contributed by atoms with Crippen LogP contribution in [0.15, 0.2) is 0 Å². The highest BCUT2D eigenvalue weighted by Gasteiger charge is 2.20. The van der Waals surface area contributed by atoms with E-state index in [4.69, 9.17) is 5.73 Å². The van der Waals surface area contributed by atoms with Gasteiger partial charge in [0.25, 0.3) is 0 Å². The van der Waals surface area contributed by atoms with Crippen molar-refractivity contribution in [1.29, 1.82) is 0 Å². The molecule has 1 amide bonds. The number of carbonyl (C=O) groups excluding carboxylic acids is 1. The van der Waals surface area contributed by atoms with Crippen LogP contribution in [0.4, 0.5) is 0 Å². The molecular weight excluding hydrogens is 176 g/mol. The second-order valence-electron chi connectivity index (χ2n) is 4.52. The summed E-state index contributed by atoms with van der Waals surface area (Å²) in [5, 5.41) is 0. The number of primary amides is 1. The average molecular weight is 198 g/mol. The van der Waals surface area contributed by atoms with Gasteiger partial charge < -0.3 is 5.73 Å². The van der Waals surface area contributed by atoms with Crippen LogP contribution in [-0.2, 0) is 4.79 Å². The van der Waals surface area contributed by atoms with E-state index in [-0.39, 0.29) is 11.9 Å². The van der Waals surface area contributed by atoms with E-state index in [1.54, 1.807) is 0 Å². The van der Waals surface area contributed by atoms with Crippen LogP contribution in [0.1, 0.15) is 39.0 Å². The molecule has 1 unspecified atom stereocenters. The summed E-state index contributed by atoms with van der Waals surface area (Å²) in [6, 6.07) is -0.128. The van der Waals surface area contributed by atoms with Gasteiger partial charge >= 0.3 is 0 Å². The van der Waals surface area contributed by atoms with Crippen molar-refractivity contribution < 1.29 is 4.79 Å². The molecule has 0 spiro atoms. The molecule has 1 rings (SSSR count). The highest BCUT2D eigenvalue weighted by Crippen LogP contribution is 2.24. The highest BCUT2D eigenvalue weighted by molar-refractivity contribution is 5.79. The number of hydrogen-bond acceptors (Lipinski definition) is 2. The smallest absolute Gasteiger partial charge is 0.234 e. The zero-order valence-electron chi connectivity index (χ0n) is 9.33. The fourth-order valence-electron chi connectivity index (χ4n) is 2.15. The number of amides is 1. The van der Waals surface area contributed by atoms with E-state index in [0.717, 1.165) is 12.5 Å². The van der Waals surface area contributed by atoms with Crippen LogP contribution in [0, 0.1) is 5.92 Å². The first-order chi connectivity index (χ1) is 6.61. The summed E-state index contributed by atoms with van der Waals surface area (Å²) in [7, 11) is 1.99. The maximum absolute atomic E-state index is 11.0. The van der Waals surface area contributed by atoms with Crippen molar-refractivity contribution in [2.24, 2.45) is 11.7 Å². The van der Waals surface area contributed by atoms with Gasteiger partial charge in [-0.2, -0.15) is 0 Å². The number of hydrogen-bond donors (Lipinski definition) is 1. The number of carbonyl (C=O) groups is 1. The van der Waals surface area contributed by atoms with Gasteiger partial charge in [-0.15, -0.1) is 0 Å². The Morgan fingerprint density at radius 2 is 2.00 bits per heavy atom. The quantitative estimate of drug-likeness (QED) is 0.741. The monoisotopic (exact) mass is 198 g/mol. The largest absolute Gasteiger partial charge is 0.368 e. The second kappa shape index (κ2) is 5.35. The fraction of sp³-hybridized carbons (Fsp3) is 0.909. The summed E-state index contributed by atoms with van der Waals surface area (Å²) in [6.07, 6.45) is 6.71. The van der Waals surface area contributed by atoms with Crippen molar-refractivity contribution in [1.82, 2.24) is 4.90 Å². The highest BCUT2D eigenvalue weighted by atomic mass is 16.1. The van der Waals surface area contributed by atoms with Crippen LogP contribution >= 0.6 is 0 Å². The van der Waals surface area contributed by atoms with Gasteiger partial charge in [0, 0.05) is 6.54 Å². The SMILES string of the molecule is CC(C(N)=O)N(C)CC1CCCCC1. The maximum atomic E-state index is 11.0. The molecule has 0 heterocycles. The van der Waals surface area contributed by atoms with Gasteiger partial charge in [0.15, 0.2) is 0 Å². The van der Waals surface area contributed by atoms with Crippen molar-refractivity contribution in [3.05, 3.63) is 0 Å². The third-order valence-corrected chi connectivity index (χ3v) is 3.34. The minimum atomic E-state index is -0.219. The predicted octanol–water partition coefficient (Wildman–Crippen LogP) is 1.37. The maximum Gasteiger partial charge on any atom is 0.234 e. The molecule has 3 nitrogen and oxygen atoms in total. The Morgan fingerprint density at radius 3 is 2.50 bits per heavy atom. The lowest BCUT2D eigenvalue weighted by atomic mass is 9.89. The third kappa shape index (κ3) is 3.29. The zero-order chi connectivity index (χ0) is 10.6. The molecule has 0 aliphatic heterocycles. The second-order valence-corrected chi connectivity index (χ2v) is 4.52. The minimum Gasteiger partial charge on any atom is -0.368 e. The molecule has 0 aromatic rings. The molecule has 0 saturated heterocycles. The van der Waals surface area contributed by atoms with Gasteiger partial charge in [-0.25, -0.2) is 0 Å². The lowest BCUT2D eigenvalue weighted by Crippen LogP contribution is -2.42. The van der Waals surface area contributed by atoms with Gasteiger partial charge in [-0.05, 0) is 32.7 Å². The number of nitrogens with zero attached hydrogens (tertiary/aromatic N) is 1. The zero-order valence-corrected chi connectivity index (χ0v) is 9.33. The Morgan fingerprint density at radius 1 is 1.43 bits per heavy atom. The van der Waals surface area contributed by atoms with Crippen LogP contribution in [0.2, 0.25) is 0 Å². The van der Waals surface area contributed by atoms with Gasteiger partial charge in [0.05, 0.1) is 6.04 Å². The van der Waals surface area contributed by atoms with E-state index in [1.165, 1.54) is 32.1 Å². The molecule has 1 atom stereocenters. The van der Waals surface area contributed by atoms with Crippen molar-refractivity contribution >= 4 is 5.91 Å². The first-order valence-electron chi connectivity index (χ1n) is 5.61. The fourth-order valence-corrected chi connectivity index (χ4v) is 2.15. The van der Waals surface area contributed by atoms with Crippen LogP contribution in [0.5, 0.6) is 0 Å². The van der Waals surface area contributed by atoms with Gasteiger partial charge in [0.2, 0.25) is 5.91 Å². The first kappa shape index (κ1) is 11.5. The Balaban J connectivity index is 2.31. The molecule has 1 fully saturated rings. The molecule has 2 N–H and O–H groups in total. The lowest BCUT2D eigenvalue weighted by Gasteiger charge is -2.29. The van der Waals surface area contributed by atoms with Crippen LogP contribution < -0.4 is 5.73 Å². The summed E-state index contributed by atoms with van der Waals surface area (Å²) < 4.78 is 0. The van der Waals surface area contributed by atoms with E-state index >= 15 is 0 Å². The first-order valence-corrected chi connectivity index (χ1v) is 5.61. The van der Waals surface area contributed by atoms with Crippen molar-refractivity contribution in [3.63, 3.8) is 0 Å². The lowest BCUT2D eigenvalue weighted by molar-refractivity contribution is -0.122. The van der Waals surface area contributed by atoms with E-state index in [0.29, 0.717) is 0 Å². The molecule has 1 aliphatic rings. The number of likely N-dealkylation sites (N-methyl/N-ethyl adjacent to an activating group) is 1. The Bertz CT molecular complexity index is 188. The summed E-state index contributed by atoms with van der Waals surface area (Å²) >= 11 is 0. The molecule has 1 aliphatic carbocycles. The van der Waals surface area contributed by atoms with E-state index in [2.05, 4.69) is 4.90 Å². The molecule has 1 saturated carbocycles. The average Bonchev–Trinajstić information content (AvgIpc) is 2.18. The Kier molecular flexibility index (Phi) is 4.39. The van der Waals surface area contributed by atoms with Crippen LogP contribution in [0.25, 0.3) is 0 Å². The molecule has 14 heavy (non-hydrogen) atoms. The van der Waals surface area contributed by atoms with Crippen LogP contribution in [-0.4, -0.2) is 30.4 Å². The van der Waals surface area contributed by atoms with Crippen molar-refractivity contribution in [2.45, 2.75) is 45.1 Å². The molecule has 0 radical (unpaired) electrons. The topological polar surface area (TPSA) is 46.3 Å². The van der Waals surface area contributed by atoms with Crippen LogP contribution in [0.3, 0.4) is 0 Å². The van der Waals surface area contributed by atoms with Gasteiger partial charge in [0.1, 0.15) is 0 Å². The number of rotatable bonds is 4. The molecule has 0 aromatic heterocycles. The van der Waals surface area contributed by atoms with E-state index in [1.807, 2.05) is 14.0 Å². The summed E-state index contributed by atoms with van der Waals surface area (Å²) in [5.74, 6) is 0.554. The Labute approximate surface area is 86.6 Å². The van der Waals surface area contributed by atoms with Gasteiger partial charge in [-0.1, -0.05) is 19.3 Å². The molecule has 0 bridgehead atoms. The Hall–Kier alpha value is -0.570. The third-order valence-electron chi connectivity index (χ3n) is 3.34. The number of nitrogens with two attached hydrogens (primary N) is 1.